The lowest BCUT2D eigenvalue weighted by atomic mass is 10.1. The van der Waals surface area contributed by atoms with Gasteiger partial charge in [-0.15, -0.1) is 0 Å². The van der Waals surface area contributed by atoms with Crippen molar-refractivity contribution in [3.05, 3.63) is 47.8 Å². The first-order valence-corrected chi connectivity index (χ1v) is 6.01. The fraction of sp³-hybridized carbons (Fsp3) is 0.200. The van der Waals surface area contributed by atoms with E-state index < -0.39 is 0 Å². The molecule has 0 aliphatic carbocycles. The lowest BCUT2D eigenvalue weighted by molar-refractivity contribution is 0.956. The number of pyridine rings is 1. The molecule has 0 atom stereocenters. The van der Waals surface area contributed by atoms with Crippen molar-refractivity contribution in [2.75, 3.05) is 0 Å². The fourth-order valence-electron chi connectivity index (χ4n) is 2.28. The lowest BCUT2D eigenvalue weighted by Gasteiger charge is -2.04. The molecule has 90 valence electrons. The van der Waals surface area contributed by atoms with Crippen molar-refractivity contribution in [3.63, 3.8) is 0 Å². The first-order chi connectivity index (χ1) is 8.66. The summed E-state index contributed by atoms with van der Waals surface area (Å²) in [6.45, 7) is 4.15. The Morgan fingerprint density at radius 2 is 1.94 bits per heavy atom. The fourth-order valence-corrected chi connectivity index (χ4v) is 2.28. The van der Waals surface area contributed by atoms with Gasteiger partial charge in [-0.1, -0.05) is 6.07 Å². The summed E-state index contributed by atoms with van der Waals surface area (Å²) in [7, 11) is 2.06. The average Bonchev–Trinajstić information content (AvgIpc) is 2.67. The maximum atomic E-state index is 4.74. The molecule has 3 heteroatoms. The monoisotopic (exact) mass is 237 g/mol. The minimum atomic E-state index is 0.996. The zero-order valence-corrected chi connectivity index (χ0v) is 10.8. The average molecular weight is 237 g/mol. The predicted octanol–water partition coefficient (Wildman–Crippen LogP) is 3.25. The summed E-state index contributed by atoms with van der Waals surface area (Å²) >= 11 is 0. The standard InChI is InChI=1S/C15H15N3/c1-10-4-5-14-13(8-10)17-15(18(14)3)12-6-7-16-9-11(12)2/h4-9H,1-3H3. The van der Waals surface area contributed by atoms with Crippen molar-refractivity contribution in [2.45, 2.75) is 13.8 Å². The topological polar surface area (TPSA) is 30.7 Å². The van der Waals surface area contributed by atoms with Gasteiger partial charge in [0.2, 0.25) is 0 Å². The predicted molar refractivity (Wildman–Crippen MR) is 73.4 cm³/mol. The molecule has 0 unspecified atom stereocenters. The summed E-state index contributed by atoms with van der Waals surface area (Å²) in [6.07, 6.45) is 3.69. The third-order valence-electron chi connectivity index (χ3n) is 3.30. The molecular weight excluding hydrogens is 222 g/mol. The van der Waals surface area contributed by atoms with Gasteiger partial charge >= 0.3 is 0 Å². The summed E-state index contributed by atoms with van der Waals surface area (Å²) in [4.78, 5) is 8.87. The Kier molecular flexibility index (Phi) is 2.40. The molecule has 0 N–H and O–H groups in total. The van der Waals surface area contributed by atoms with Gasteiger partial charge in [-0.3, -0.25) is 4.98 Å². The number of aromatic nitrogens is 3. The highest BCUT2D eigenvalue weighted by Gasteiger charge is 2.11. The Labute approximate surface area is 106 Å². The normalized spacial score (nSPS) is 11.1. The molecule has 3 nitrogen and oxygen atoms in total. The molecule has 0 saturated carbocycles. The smallest absolute Gasteiger partial charge is 0.141 e. The minimum Gasteiger partial charge on any atom is -0.327 e. The number of hydrogen-bond acceptors (Lipinski definition) is 2. The van der Waals surface area contributed by atoms with Gasteiger partial charge in [0.15, 0.2) is 0 Å². The molecule has 1 aromatic carbocycles. The summed E-state index contributed by atoms with van der Waals surface area (Å²) in [5.74, 6) is 0.996. The molecule has 2 aromatic heterocycles. The van der Waals surface area contributed by atoms with E-state index in [-0.39, 0.29) is 0 Å². The quantitative estimate of drug-likeness (QED) is 0.650. The van der Waals surface area contributed by atoms with Crippen LogP contribution >= 0.6 is 0 Å². The number of fused-ring (bicyclic) bond motifs is 1. The van der Waals surface area contributed by atoms with Gasteiger partial charge < -0.3 is 4.57 Å². The molecular formula is C15H15N3. The van der Waals surface area contributed by atoms with Gasteiger partial charge in [0, 0.05) is 25.0 Å². The highest BCUT2D eigenvalue weighted by atomic mass is 15.1. The molecule has 0 aliphatic rings. The second-order valence-electron chi connectivity index (χ2n) is 4.68. The second kappa shape index (κ2) is 3.95. The molecule has 0 aliphatic heterocycles. The van der Waals surface area contributed by atoms with Crippen LogP contribution in [-0.2, 0) is 7.05 Å². The van der Waals surface area contributed by atoms with E-state index in [1.54, 1.807) is 0 Å². The molecule has 18 heavy (non-hydrogen) atoms. The highest BCUT2D eigenvalue weighted by molar-refractivity contribution is 5.81. The van der Waals surface area contributed by atoms with E-state index in [2.05, 4.69) is 48.6 Å². The van der Waals surface area contributed by atoms with E-state index in [9.17, 15) is 0 Å². The molecule has 0 saturated heterocycles. The van der Waals surface area contributed by atoms with E-state index in [0.29, 0.717) is 0 Å². The van der Waals surface area contributed by atoms with Crippen LogP contribution in [-0.4, -0.2) is 14.5 Å². The number of rotatable bonds is 1. The molecule has 3 rings (SSSR count). The Morgan fingerprint density at radius 3 is 2.72 bits per heavy atom. The summed E-state index contributed by atoms with van der Waals surface area (Å²) < 4.78 is 2.14. The van der Waals surface area contributed by atoms with Gasteiger partial charge in [-0.05, 0) is 43.2 Å². The summed E-state index contributed by atoms with van der Waals surface area (Å²) in [5, 5.41) is 0. The maximum Gasteiger partial charge on any atom is 0.141 e. The zero-order chi connectivity index (χ0) is 12.7. The van der Waals surface area contributed by atoms with E-state index in [1.165, 1.54) is 5.56 Å². The molecule has 0 bridgehead atoms. The second-order valence-corrected chi connectivity index (χ2v) is 4.68. The van der Waals surface area contributed by atoms with Crippen LogP contribution < -0.4 is 0 Å². The third kappa shape index (κ3) is 1.59. The van der Waals surface area contributed by atoms with Crippen molar-refractivity contribution in [3.8, 4) is 11.4 Å². The zero-order valence-electron chi connectivity index (χ0n) is 10.8. The van der Waals surface area contributed by atoms with Crippen molar-refractivity contribution in [2.24, 2.45) is 7.05 Å². The van der Waals surface area contributed by atoms with Crippen LogP contribution in [0.3, 0.4) is 0 Å². The van der Waals surface area contributed by atoms with E-state index in [4.69, 9.17) is 4.98 Å². The number of imidazole rings is 1. The van der Waals surface area contributed by atoms with Crippen molar-refractivity contribution in [1.29, 1.82) is 0 Å². The minimum absolute atomic E-state index is 0.996. The largest absolute Gasteiger partial charge is 0.327 e. The van der Waals surface area contributed by atoms with Crippen LogP contribution in [0.5, 0.6) is 0 Å². The SMILES string of the molecule is Cc1ccc2c(c1)nc(-c1ccncc1C)n2C. The molecule has 3 aromatic rings. The summed E-state index contributed by atoms with van der Waals surface area (Å²) in [5.41, 5.74) is 5.73. The van der Waals surface area contributed by atoms with Gasteiger partial charge in [0.05, 0.1) is 11.0 Å². The Bertz CT molecular complexity index is 726. The third-order valence-corrected chi connectivity index (χ3v) is 3.30. The van der Waals surface area contributed by atoms with E-state index in [1.807, 2.05) is 18.5 Å². The Morgan fingerprint density at radius 1 is 1.11 bits per heavy atom. The Hall–Kier alpha value is -2.16. The van der Waals surface area contributed by atoms with Crippen molar-refractivity contribution < 1.29 is 0 Å². The highest BCUT2D eigenvalue weighted by Crippen LogP contribution is 2.25. The van der Waals surface area contributed by atoms with E-state index >= 15 is 0 Å². The van der Waals surface area contributed by atoms with Gasteiger partial charge in [0.1, 0.15) is 5.82 Å². The molecule has 0 spiro atoms. The van der Waals surface area contributed by atoms with Crippen LogP contribution in [0.15, 0.2) is 36.7 Å². The van der Waals surface area contributed by atoms with Crippen LogP contribution in [0.4, 0.5) is 0 Å². The first-order valence-electron chi connectivity index (χ1n) is 6.01. The van der Waals surface area contributed by atoms with Gasteiger partial charge in [-0.2, -0.15) is 0 Å². The summed E-state index contributed by atoms with van der Waals surface area (Å²) in [6, 6.07) is 8.38. The number of nitrogens with zero attached hydrogens (tertiary/aromatic N) is 3. The molecule has 0 radical (unpaired) electrons. The lowest BCUT2D eigenvalue weighted by Crippen LogP contribution is -1.94. The first kappa shape index (κ1) is 11.0. The van der Waals surface area contributed by atoms with Gasteiger partial charge in [-0.25, -0.2) is 4.98 Å². The van der Waals surface area contributed by atoms with Crippen molar-refractivity contribution in [1.82, 2.24) is 14.5 Å². The van der Waals surface area contributed by atoms with Crippen molar-refractivity contribution >= 4 is 11.0 Å². The maximum absolute atomic E-state index is 4.74. The van der Waals surface area contributed by atoms with Gasteiger partial charge in [0.25, 0.3) is 0 Å². The van der Waals surface area contributed by atoms with Crippen LogP contribution in [0.1, 0.15) is 11.1 Å². The molecule has 2 heterocycles. The van der Waals surface area contributed by atoms with Crippen LogP contribution in [0, 0.1) is 13.8 Å². The molecule has 0 amide bonds. The molecule has 0 fully saturated rings. The number of aryl methyl sites for hydroxylation is 3. The van der Waals surface area contributed by atoms with E-state index in [0.717, 1.165) is 28.0 Å². The number of benzene rings is 1. The number of hydrogen-bond donors (Lipinski definition) is 0. The Balaban J connectivity index is 2.31. The van der Waals surface area contributed by atoms with Crippen LogP contribution in [0.2, 0.25) is 0 Å². The van der Waals surface area contributed by atoms with Crippen LogP contribution in [0.25, 0.3) is 22.4 Å².